The molecule has 0 aliphatic carbocycles. The molecular weight excluding hydrogens is 248 g/mol. The molecule has 0 bridgehead atoms. The largest absolute Gasteiger partial charge is 0.501 e. The van der Waals surface area contributed by atoms with Gasteiger partial charge in [-0.1, -0.05) is 30.3 Å². The molecule has 0 atom stereocenters. The third-order valence-electron chi connectivity index (χ3n) is 1.63. The average molecular weight is 254 g/mol. The van der Waals surface area contributed by atoms with Crippen molar-refractivity contribution in [2.45, 2.75) is 5.51 Å². The summed E-state index contributed by atoms with van der Waals surface area (Å²) in [4.78, 5) is 0. The molecule has 1 aromatic rings. The lowest BCUT2D eigenvalue weighted by atomic mass is 10.2. The molecule has 1 rings (SSSR count). The summed E-state index contributed by atoms with van der Waals surface area (Å²) in [7, 11) is -5.58. The van der Waals surface area contributed by atoms with Crippen LogP contribution in [0.15, 0.2) is 35.7 Å². The number of rotatable bonds is 2. The van der Waals surface area contributed by atoms with Gasteiger partial charge in [0.05, 0.1) is 5.41 Å². The van der Waals surface area contributed by atoms with E-state index in [1.807, 2.05) is 0 Å². The minimum atomic E-state index is -5.58. The van der Waals surface area contributed by atoms with Gasteiger partial charge in [-0.3, -0.25) is 0 Å². The summed E-state index contributed by atoms with van der Waals surface area (Å²) in [6.07, 6.45) is 0. The van der Waals surface area contributed by atoms with Crippen molar-refractivity contribution in [3.63, 3.8) is 0 Å². The zero-order valence-corrected chi connectivity index (χ0v) is 8.52. The van der Waals surface area contributed by atoms with E-state index in [4.69, 9.17) is 0 Å². The Kier molecular flexibility index (Phi) is 3.37. The van der Waals surface area contributed by atoms with Gasteiger partial charge < -0.3 is 0 Å². The van der Waals surface area contributed by atoms with Crippen LogP contribution in [-0.2, 0) is 9.84 Å². The first-order valence-corrected chi connectivity index (χ1v) is 5.52. The molecule has 0 saturated heterocycles. The van der Waals surface area contributed by atoms with Crippen LogP contribution in [0, 0.1) is 0 Å². The Labute approximate surface area is 89.1 Å². The van der Waals surface area contributed by atoms with Crippen molar-refractivity contribution >= 4 is 15.7 Å². The van der Waals surface area contributed by atoms with Gasteiger partial charge in [-0.25, -0.2) is 12.8 Å². The van der Waals surface area contributed by atoms with E-state index in [9.17, 15) is 26.0 Å². The average Bonchev–Trinajstić information content (AvgIpc) is 2.16. The standard InChI is InChI=1S/C9H6F4O2S/c10-8(7-4-2-1-3-5-7)6-16(14,15)9(11,12)13/h1-6H/b8-6+. The van der Waals surface area contributed by atoms with Gasteiger partial charge in [0, 0.05) is 5.56 Å². The van der Waals surface area contributed by atoms with Crippen LogP contribution >= 0.6 is 0 Å². The van der Waals surface area contributed by atoms with Gasteiger partial charge in [0.1, 0.15) is 5.83 Å². The molecular formula is C9H6F4O2S. The fourth-order valence-corrected chi connectivity index (χ4v) is 1.41. The monoisotopic (exact) mass is 254 g/mol. The van der Waals surface area contributed by atoms with E-state index in [0.29, 0.717) is 0 Å². The second kappa shape index (κ2) is 4.25. The van der Waals surface area contributed by atoms with Crippen molar-refractivity contribution in [1.29, 1.82) is 0 Å². The molecule has 1 aromatic carbocycles. The van der Waals surface area contributed by atoms with Gasteiger partial charge in [0.15, 0.2) is 0 Å². The summed E-state index contributed by atoms with van der Waals surface area (Å²) < 4.78 is 70.1. The maximum atomic E-state index is 13.1. The summed E-state index contributed by atoms with van der Waals surface area (Å²) in [5, 5.41) is -0.428. The number of hydrogen-bond acceptors (Lipinski definition) is 2. The molecule has 0 radical (unpaired) electrons. The lowest BCUT2D eigenvalue weighted by Gasteiger charge is -2.03. The molecule has 16 heavy (non-hydrogen) atoms. The lowest BCUT2D eigenvalue weighted by molar-refractivity contribution is -0.0423. The van der Waals surface area contributed by atoms with Crippen LogP contribution in [0.25, 0.3) is 5.83 Å². The Bertz CT molecular complexity index is 488. The van der Waals surface area contributed by atoms with Crippen molar-refractivity contribution in [2.75, 3.05) is 0 Å². The Morgan fingerprint density at radius 2 is 1.62 bits per heavy atom. The number of hydrogen-bond donors (Lipinski definition) is 0. The SMILES string of the molecule is O=S(=O)(/C=C(/F)c1ccccc1)C(F)(F)F. The van der Waals surface area contributed by atoms with Crippen LogP contribution in [0.3, 0.4) is 0 Å². The van der Waals surface area contributed by atoms with Crippen LogP contribution in [0.2, 0.25) is 0 Å². The Hall–Kier alpha value is -1.37. The Morgan fingerprint density at radius 1 is 1.12 bits per heavy atom. The summed E-state index contributed by atoms with van der Waals surface area (Å²) in [6, 6.07) is 6.61. The van der Waals surface area contributed by atoms with E-state index in [1.165, 1.54) is 18.2 Å². The van der Waals surface area contributed by atoms with Gasteiger partial charge in [0.25, 0.3) is 9.84 Å². The zero-order chi connectivity index (χ0) is 12.4. The van der Waals surface area contributed by atoms with E-state index < -0.39 is 26.6 Å². The third-order valence-corrected chi connectivity index (χ3v) is 2.79. The number of benzene rings is 1. The first-order valence-electron chi connectivity index (χ1n) is 3.98. The maximum Gasteiger partial charge on any atom is 0.501 e. The summed E-state index contributed by atoms with van der Waals surface area (Å²) in [5.41, 5.74) is -5.71. The van der Waals surface area contributed by atoms with Gasteiger partial charge in [-0.05, 0) is 0 Å². The molecule has 0 heterocycles. The van der Waals surface area contributed by atoms with E-state index in [2.05, 4.69) is 0 Å². The molecule has 0 aliphatic rings. The molecule has 0 unspecified atom stereocenters. The number of halogens is 4. The number of sulfone groups is 1. The molecule has 0 aliphatic heterocycles. The molecule has 7 heteroatoms. The quantitative estimate of drug-likeness (QED) is 0.760. The molecule has 0 amide bonds. The highest BCUT2D eigenvalue weighted by Gasteiger charge is 2.44. The summed E-state index contributed by atoms with van der Waals surface area (Å²) in [5.74, 6) is -1.45. The molecule has 0 N–H and O–H groups in total. The third kappa shape index (κ3) is 2.82. The van der Waals surface area contributed by atoms with Crippen molar-refractivity contribution in [3.05, 3.63) is 41.3 Å². The smallest absolute Gasteiger partial charge is 0.215 e. The first-order chi connectivity index (χ1) is 7.24. The predicted molar refractivity (Wildman–Crippen MR) is 50.5 cm³/mol. The highest BCUT2D eigenvalue weighted by molar-refractivity contribution is 7.95. The van der Waals surface area contributed by atoms with Crippen molar-refractivity contribution < 1.29 is 26.0 Å². The van der Waals surface area contributed by atoms with E-state index in [1.54, 1.807) is 0 Å². The van der Waals surface area contributed by atoms with Gasteiger partial charge in [-0.2, -0.15) is 13.2 Å². The highest BCUT2D eigenvalue weighted by atomic mass is 32.2. The zero-order valence-electron chi connectivity index (χ0n) is 7.70. The van der Waals surface area contributed by atoms with Crippen molar-refractivity contribution in [2.24, 2.45) is 0 Å². The van der Waals surface area contributed by atoms with Crippen molar-refractivity contribution in [1.82, 2.24) is 0 Å². The summed E-state index contributed by atoms with van der Waals surface area (Å²) >= 11 is 0. The second-order valence-electron chi connectivity index (χ2n) is 2.82. The molecule has 88 valence electrons. The predicted octanol–water partition coefficient (Wildman–Crippen LogP) is 2.89. The molecule has 0 saturated carbocycles. The fourth-order valence-electron chi connectivity index (χ4n) is 0.868. The number of alkyl halides is 3. The lowest BCUT2D eigenvalue weighted by Crippen LogP contribution is -2.20. The molecule has 0 aromatic heterocycles. The van der Waals surface area contributed by atoms with E-state index in [0.717, 1.165) is 12.1 Å². The molecule has 0 spiro atoms. The Morgan fingerprint density at radius 3 is 2.06 bits per heavy atom. The van der Waals surface area contributed by atoms with Gasteiger partial charge >= 0.3 is 5.51 Å². The maximum absolute atomic E-state index is 13.1. The molecule has 2 nitrogen and oxygen atoms in total. The first kappa shape index (κ1) is 12.7. The minimum Gasteiger partial charge on any atom is -0.215 e. The van der Waals surface area contributed by atoms with Crippen LogP contribution in [-0.4, -0.2) is 13.9 Å². The minimum absolute atomic E-state index is 0.227. The summed E-state index contributed by atoms with van der Waals surface area (Å²) in [6.45, 7) is 0. The highest BCUT2D eigenvalue weighted by Crippen LogP contribution is 2.28. The van der Waals surface area contributed by atoms with E-state index >= 15 is 0 Å². The topological polar surface area (TPSA) is 34.1 Å². The fraction of sp³-hybridized carbons (Fsp3) is 0.111. The van der Waals surface area contributed by atoms with Gasteiger partial charge in [0.2, 0.25) is 0 Å². The van der Waals surface area contributed by atoms with Crippen molar-refractivity contribution in [3.8, 4) is 0 Å². The van der Waals surface area contributed by atoms with Gasteiger partial charge in [-0.15, -0.1) is 0 Å². The van der Waals surface area contributed by atoms with Crippen LogP contribution < -0.4 is 0 Å². The normalized spacial score (nSPS) is 13.9. The molecule has 0 fully saturated rings. The Balaban J connectivity index is 3.13. The second-order valence-corrected chi connectivity index (χ2v) is 4.61. The van der Waals surface area contributed by atoms with Crippen LogP contribution in [0.5, 0.6) is 0 Å². The van der Waals surface area contributed by atoms with Crippen LogP contribution in [0.4, 0.5) is 17.6 Å². The van der Waals surface area contributed by atoms with Crippen LogP contribution in [0.1, 0.15) is 5.56 Å². The van der Waals surface area contributed by atoms with E-state index in [-0.39, 0.29) is 5.56 Å².